The highest BCUT2D eigenvalue weighted by Crippen LogP contribution is 2.18. The minimum Gasteiger partial charge on any atom is -0.467 e. The van der Waals surface area contributed by atoms with Gasteiger partial charge in [-0.05, 0) is 62.6 Å². The molecule has 1 fully saturated rings. The quantitative estimate of drug-likeness (QED) is 0.365. The Morgan fingerprint density at radius 2 is 1.69 bits per heavy atom. The molecule has 0 spiro atoms. The van der Waals surface area contributed by atoms with E-state index in [1.165, 1.54) is 12.0 Å². The van der Waals surface area contributed by atoms with E-state index in [0.717, 1.165) is 5.39 Å². The van der Waals surface area contributed by atoms with Crippen LogP contribution < -0.4 is 16.0 Å². The van der Waals surface area contributed by atoms with Crippen LogP contribution in [0.4, 0.5) is 4.79 Å². The average Bonchev–Trinajstić information content (AvgIpc) is 3.08. The van der Waals surface area contributed by atoms with Gasteiger partial charge >= 0.3 is 12.0 Å². The molecule has 228 valence electrons. The predicted octanol–water partition coefficient (Wildman–Crippen LogP) is 3.21. The summed E-state index contributed by atoms with van der Waals surface area (Å²) in [5.74, 6) is -1.51. The second kappa shape index (κ2) is 14.7. The maximum absolute atomic E-state index is 13.4. The van der Waals surface area contributed by atoms with Gasteiger partial charge < -0.3 is 25.6 Å². The second-order valence-corrected chi connectivity index (χ2v) is 11.8. The summed E-state index contributed by atoms with van der Waals surface area (Å²) in [5, 5.41) is 9.27. The Bertz CT molecular complexity index is 1300. The minimum atomic E-state index is -0.860. The van der Waals surface area contributed by atoms with Crippen LogP contribution in [-0.4, -0.2) is 77.3 Å². The van der Waals surface area contributed by atoms with Gasteiger partial charge in [0.25, 0.3) is 5.91 Å². The first-order chi connectivity index (χ1) is 19.9. The lowest BCUT2D eigenvalue weighted by Gasteiger charge is -2.29. The van der Waals surface area contributed by atoms with Gasteiger partial charge in [0.05, 0.1) is 25.2 Å². The van der Waals surface area contributed by atoms with E-state index in [1.807, 2.05) is 46.8 Å². The topological polar surface area (TPSA) is 147 Å². The third-order valence-corrected chi connectivity index (χ3v) is 7.38. The van der Waals surface area contributed by atoms with Crippen molar-refractivity contribution in [2.45, 2.75) is 84.5 Å². The summed E-state index contributed by atoms with van der Waals surface area (Å²) in [7, 11) is 1.27. The number of esters is 1. The molecule has 1 aromatic heterocycles. The molecule has 11 nitrogen and oxygen atoms in total. The number of ketones is 1. The summed E-state index contributed by atoms with van der Waals surface area (Å²) < 4.78 is 4.84. The van der Waals surface area contributed by atoms with E-state index in [2.05, 4.69) is 20.9 Å². The highest BCUT2D eigenvalue weighted by Gasteiger charge is 2.35. The van der Waals surface area contributed by atoms with Crippen LogP contribution in [-0.2, 0) is 19.1 Å². The zero-order valence-electron chi connectivity index (χ0n) is 25.3. The third-order valence-electron chi connectivity index (χ3n) is 7.38. The molecule has 1 aromatic carbocycles. The van der Waals surface area contributed by atoms with Crippen LogP contribution in [0.5, 0.6) is 0 Å². The zero-order chi connectivity index (χ0) is 31.0. The molecule has 3 rings (SSSR count). The Morgan fingerprint density at radius 3 is 2.36 bits per heavy atom. The number of likely N-dealkylation sites (tertiary alicyclic amines) is 1. The second-order valence-electron chi connectivity index (χ2n) is 11.8. The summed E-state index contributed by atoms with van der Waals surface area (Å²) in [6.45, 7) is 9.36. The molecule has 1 saturated heterocycles. The van der Waals surface area contributed by atoms with Crippen molar-refractivity contribution in [2.75, 3.05) is 13.7 Å². The number of ether oxygens (including phenoxy) is 1. The van der Waals surface area contributed by atoms with Crippen molar-refractivity contribution in [3.05, 3.63) is 42.1 Å². The first-order valence-corrected chi connectivity index (χ1v) is 14.5. The van der Waals surface area contributed by atoms with Crippen LogP contribution in [0.15, 0.2) is 36.5 Å². The molecule has 1 aliphatic rings. The largest absolute Gasteiger partial charge is 0.467 e. The number of pyridine rings is 1. The fraction of sp³-hybridized carbons (Fsp3) is 0.548. The molecule has 3 N–H and O–H groups in total. The number of methoxy groups -OCH3 is 1. The van der Waals surface area contributed by atoms with Crippen molar-refractivity contribution in [2.24, 2.45) is 11.8 Å². The van der Waals surface area contributed by atoms with Gasteiger partial charge in [0, 0.05) is 23.2 Å². The Balaban J connectivity index is 1.68. The Morgan fingerprint density at radius 1 is 1.00 bits per heavy atom. The summed E-state index contributed by atoms with van der Waals surface area (Å²) in [5.41, 5.74) is 1.05. The number of urea groups is 1. The first kappa shape index (κ1) is 32.5. The number of hydrogen-bond donors (Lipinski definition) is 3. The fourth-order valence-corrected chi connectivity index (χ4v) is 5.07. The molecule has 0 unspecified atom stereocenters. The molecule has 2 aromatic rings. The number of Topliss-reactive ketones (excluding diaryl/α,β-unsaturated/α-hetero) is 1. The van der Waals surface area contributed by atoms with Crippen LogP contribution in [0.1, 0.15) is 70.7 Å². The lowest BCUT2D eigenvalue weighted by atomic mass is 10.0. The molecule has 0 saturated carbocycles. The van der Waals surface area contributed by atoms with E-state index in [4.69, 9.17) is 4.74 Å². The van der Waals surface area contributed by atoms with Crippen LogP contribution >= 0.6 is 0 Å². The van der Waals surface area contributed by atoms with E-state index < -0.39 is 41.9 Å². The number of hydrogen-bond acceptors (Lipinski definition) is 7. The molecule has 0 bridgehead atoms. The summed E-state index contributed by atoms with van der Waals surface area (Å²) in [4.78, 5) is 70.8. The van der Waals surface area contributed by atoms with E-state index >= 15 is 0 Å². The van der Waals surface area contributed by atoms with E-state index in [-0.39, 0.29) is 30.2 Å². The monoisotopic (exact) mass is 581 g/mol. The molecule has 4 atom stereocenters. The number of carbonyl (C=O) groups excluding carboxylic acids is 5. The molecule has 4 amide bonds. The van der Waals surface area contributed by atoms with Gasteiger partial charge in [-0.15, -0.1) is 0 Å². The summed E-state index contributed by atoms with van der Waals surface area (Å²) >= 11 is 0. The number of nitrogens with zero attached hydrogens (tertiary/aromatic N) is 2. The standard InChI is InChI=1S/C31H43N5O6/c1-18(2)14-25(34-28(38)22-11-10-21-8-7-13-32-24(21)16-22)29(39)33-23-12-9-20(5)36(17-27(23)37)31(41)35-26(15-19(3)4)30(40)42-6/h7-8,10-11,13,16,18-20,23,25-26H,9,12,14-15,17H2,1-6H3,(H,33,39)(H,34,38)(H,35,41)/t20-,23+,25+,26+/m1/s1. The smallest absolute Gasteiger partial charge is 0.328 e. The normalized spacial score (nSPS) is 18.8. The maximum atomic E-state index is 13.4. The highest BCUT2D eigenvalue weighted by atomic mass is 16.5. The van der Waals surface area contributed by atoms with Gasteiger partial charge in [0.2, 0.25) is 5.91 Å². The van der Waals surface area contributed by atoms with Crippen molar-refractivity contribution in [1.29, 1.82) is 0 Å². The van der Waals surface area contributed by atoms with Crippen molar-refractivity contribution in [1.82, 2.24) is 25.8 Å². The number of nitrogens with one attached hydrogen (secondary N) is 3. The number of amides is 4. The van der Waals surface area contributed by atoms with Gasteiger partial charge in [-0.1, -0.05) is 39.8 Å². The number of benzene rings is 1. The van der Waals surface area contributed by atoms with Crippen molar-refractivity contribution < 1.29 is 28.7 Å². The maximum Gasteiger partial charge on any atom is 0.328 e. The van der Waals surface area contributed by atoms with Crippen molar-refractivity contribution in [3.8, 4) is 0 Å². The van der Waals surface area contributed by atoms with Gasteiger partial charge in [-0.2, -0.15) is 0 Å². The molecule has 0 aliphatic carbocycles. The zero-order valence-corrected chi connectivity index (χ0v) is 25.3. The van der Waals surface area contributed by atoms with Gasteiger partial charge in [0.1, 0.15) is 12.1 Å². The Hall–Kier alpha value is -4.02. The van der Waals surface area contributed by atoms with Gasteiger partial charge in [-0.25, -0.2) is 9.59 Å². The first-order valence-electron chi connectivity index (χ1n) is 14.5. The van der Waals surface area contributed by atoms with E-state index in [0.29, 0.717) is 36.8 Å². The molecular formula is C31H43N5O6. The SMILES string of the molecule is COC(=O)[C@H](CC(C)C)NC(=O)N1CC(=O)[C@@H](NC(=O)[C@H](CC(C)C)NC(=O)c2ccc3cccnc3c2)CC[C@H]1C. The summed E-state index contributed by atoms with van der Waals surface area (Å²) in [6, 6.07) is 5.54. The number of rotatable bonds is 10. The van der Waals surface area contributed by atoms with Crippen LogP contribution in [0.25, 0.3) is 10.9 Å². The van der Waals surface area contributed by atoms with Crippen LogP contribution in [0, 0.1) is 11.8 Å². The predicted molar refractivity (Wildman–Crippen MR) is 159 cm³/mol. The van der Waals surface area contributed by atoms with E-state index in [9.17, 15) is 24.0 Å². The molecule has 42 heavy (non-hydrogen) atoms. The fourth-order valence-electron chi connectivity index (χ4n) is 5.07. The lowest BCUT2D eigenvalue weighted by molar-refractivity contribution is -0.143. The van der Waals surface area contributed by atoms with Crippen molar-refractivity contribution >= 4 is 40.5 Å². The third kappa shape index (κ3) is 8.74. The van der Waals surface area contributed by atoms with E-state index in [1.54, 1.807) is 24.4 Å². The van der Waals surface area contributed by atoms with Gasteiger partial charge in [-0.3, -0.25) is 19.4 Å². The summed E-state index contributed by atoms with van der Waals surface area (Å²) in [6.07, 6.45) is 3.21. The minimum absolute atomic E-state index is 0.0944. The Labute approximate surface area is 247 Å². The number of aromatic nitrogens is 1. The number of fused-ring (bicyclic) bond motifs is 1. The van der Waals surface area contributed by atoms with Crippen LogP contribution in [0.3, 0.4) is 0 Å². The van der Waals surface area contributed by atoms with Gasteiger partial charge in [0.15, 0.2) is 5.78 Å². The van der Waals surface area contributed by atoms with Crippen LogP contribution in [0.2, 0.25) is 0 Å². The Kier molecular flexibility index (Phi) is 11.4. The molecular weight excluding hydrogens is 538 g/mol. The molecule has 2 heterocycles. The highest BCUT2D eigenvalue weighted by molar-refractivity contribution is 6.01. The van der Waals surface area contributed by atoms with Crippen molar-refractivity contribution in [3.63, 3.8) is 0 Å². The molecule has 11 heteroatoms. The average molecular weight is 582 g/mol. The molecule has 1 aliphatic heterocycles. The lowest BCUT2D eigenvalue weighted by Crippen LogP contribution is -2.54. The number of carbonyl (C=O) groups is 5. The molecule has 0 radical (unpaired) electrons.